The molecule has 1 heterocycles. The molecule has 0 aliphatic carbocycles. The van der Waals surface area contributed by atoms with Crippen LogP contribution in [0.5, 0.6) is 11.5 Å². The van der Waals surface area contributed by atoms with Crippen LogP contribution in [0.2, 0.25) is 0 Å². The van der Waals surface area contributed by atoms with E-state index >= 15 is 0 Å². The topological polar surface area (TPSA) is 51.1 Å². The molecule has 5 nitrogen and oxygen atoms in total. The smallest absolute Gasteiger partial charge is 0.242 e. The van der Waals surface area contributed by atoms with Crippen molar-refractivity contribution in [3.63, 3.8) is 0 Å². The second kappa shape index (κ2) is 7.38. The number of nitrogens with zero attached hydrogens (tertiary/aromatic N) is 2. The summed E-state index contributed by atoms with van der Waals surface area (Å²) in [5, 5.41) is 6.22. The molecule has 5 heteroatoms. The molecular weight excluding hydrogens is 316 g/mol. The number of hydrazone groups is 1. The van der Waals surface area contributed by atoms with E-state index in [1.165, 1.54) is 0 Å². The van der Waals surface area contributed by atoms with Crippen molar-refractivity contribution in [2.45, 2.75) is 25.8 Å². The van der Waals surface area contributed by atoms with Crippen LogP contribution < -0.4 is 9.47 Å². The molecule has 3 rings (SSSR count). The van der Waals surface area contributed by atoms with Crippen LogP contribution in [-0.4, -0.2) is 30.8 Å². The molecule has 2 aromatic rings. The second-order valence-electron chi connectivity index (χ2n) is 5.83. The number of ether oxygens (including phenoxy) is 2. The average Bonchev–Trinajstić information content (AvgIpc) is 3.12. The third-order valence-corrected chi connectivity index (χ3v) is 4.37. The highest BCUT2D eigenvalue weighted by Crippen LogP contribution is 2.37. The van der Waals surface area contributed by atoms with E-state index in [1.807, 2.05) is 55.5 Å². The first-order valence-electron chi connectivity index (χ1n) is 8.34. The molecule has 0 spiro atoms. The third-order valence-electron chi connectivity index (χ3n) is 4.37. The van der Waals surface area contributed by atoms with Crippen LogP contribution >= 0.6 is 0 Å². The first-order chi connectivity index (χ1) is 12.2. The predicted molar refractivity (Wildman–Crippen MR) is 97.0 cm³/mol. The fraction of sp³-hybridized carbons (Fsp3) is 0.300. The summed E-state index contributed by atoms with van der Waals surface area (Å²) in [5.41, 5.74) is 2.80. The summed E-state index contributed by atoms with van der Waals surface area (Å²) in [6.45, 7) is 1.85. The molecule has 25 heavy (non-hydrogen) atoms. The maximum atomic E-state index is 12.5. The third kappa shape index (κ3) is 3.36. The summed E-state index contributed by atoms with van der Waals surface area (Å²) in [6, 6.07) is 15.4. The normalized spacial score (nSPS) is 16.5. The van der Waals surface area contributed by atoms with E-state index in [2.05, 4.69) is 5.10 Å². The zero-order chi connectivity index (χ0) is 17.8. The number of para-hydroxylation sites is 1. The van der Waals surface area contributed by atoms with E-state index < -0.39 is 0 Å². The largest absolute Gasteiger partial charge is 0.497 e. The van der Waals surface area contributed by atoms with Gasteiger partial charge in [0, 0.05) is 24.0 Å². The van der Waals surface area contributed by atoms with Gasteiger partial charge in [0.05, 0.1) is 26.0 Å². The quantitative estimate of drug-likeness (QED) is 0.833. The fourth-order valence-corrected chi connectivity index (χ4v) is 3.06. The summed E-state index contributed by atoms with van der Waals surface area (Å²) in [6.07, 6.45) is 1.04. The minimum Gasteiger partial charge on any atom is -0.497 e. The number of hydrogen-bond acceptors (Lipinski definition) is 4. The van der Waals surface area contributed by atoms with Gasteiger partial charge in [-0.2, -0.15) is 5.10 Å². The van der Waals surface area contributed by atoms with Crippen molar-refractivity contribution >= 4 is 11.6 Å². The van der Waals surface area contributed by atoms with Crippen molar-refractivity contribution in [2.24, 2.45) is 5.10 Å². The average molecular weight is 338 g/mol. The minimum atomic E-state index is -0.162. The highest BCUT2D eigenvalue weighted by atomic mass is 16.5. The van der Waals surface area contributed by atoms with Crippen molar-refractivity contribution in [1.29, 1.82) is 0 Å². The van der Waals surface area contributed by atoms with E-state index in [-0.39, 0.29) is 11.9 Å². The van der Waals surface area contributed by atoms with Crippen molar-refractivity contribution < 1.29 is 14.3 Å². The number of hydrogen-bond donors (Lipinski definition) is 0. The van der Waals surface area contributed by atoms with Crippen LogP contribution in [0.3, 0.4) is 0 Å². The lowest BCUT2D eigenvalue weighted by atomic mass is 9.97. The van der Waals surface area contributed by atoms with Crippen LogP contribution in [-0.2, 0) is 4.79 Å². The number of benzene rings is 2. The van der Waals surface area contributed by atoms with Gasteiger partial charge >= 0.3 is 0 Å². The van der Waals surface area contributed by atoms with Crippen molar-refractivity contribution in [1.82, 2.24) is 5.01 Å². The molecule has 1 unspecified atom stereocenters. The number of rotatable bonds is 5. The molecule has 1 aliphatic rings. The predicted octanol–water partition coefficient (Wildman–Crippen LogP) is 3.79. The second-order valence-corrected chi connectivity index (χ2v) is 5.83. The molecule has 0 saturated heterocycles. The highest BCUT2D eigenvalue weighted by Gasteiger charge is 2.34. The van der Waals surface area contributed by atoms with Gasteiger partial charge in [-0.25, -0.2) is 5.01 Å². The molecule has 2 aromatic carbocycles. The molecule has 0 bridgehead atoms. The van der Waals surface area contributed by atoms with Crippen LogP contribution in [0.4, 0.5) is 0 Å². The zero-order valence-electron chi connectivity index (χ0n) is 14.7. The molecule has 130 valence electrons. The van der Waals surface area contributed by atoms with Gasteiger partial charge in [0.25, 0.3) is 0 Å². The molecule has 0 aromatic heterocycles. The summed E-state index contributed by atoms with van der Waals surface area (Å²) in [5.74, 6) is 1.53. The Labute approximate surface area is 147 Å². The van der Waals surface area contributed by atoms with Gasteiger partial charge in [0.15, 0.2) is 0 Å². The van der Waals surface area contributed by atoms with Gasteiger partial charge in [-0.15, -0.1) is 0 Å². The standard InChI is InChI=1S/C20H22N2O3/c1-4-20(23)22-18(16-10-5-6-11-19(16)25-3)13-17(21-22)14-8-7-9-15(12-14)24-2/h5-12,18H,4,13H2,1-3H3. The maximum absolute atomic E-state index is 12.5. The molecule has 1 aliphatic heterocycles. The summed E-state index contributed by atoms with van der Waals surface area (Å²) in [4.78, 5) is 12.5. The number of carbonyl (C=O) groups is 1. The summed E-state index contributed by atoms with van der Waals surface area (Å²) in [7, 11) is 3.28. The number of carbonyl (C=O) groups excluding carboxylic acids is 1. The van der Waals surface area contributed by atoms with Crippen LogP contribution in [0.1, 0.15) is 36.9 Å². The Balaban J connectivity index is 1.99. The first kappa shape index (κ1) is 17.0. The molecule has 0 N–H and O–H groups in total. The van der Waals surface area contributed by atoms with Gasteiger partial charge in [0.1, 0.15) is 11.5 Å². The Kier molecular flexibility index (Phi) is 5.03. The zero-order valence-corrected chi connectivity index (χ0v) is 14.7. The Bertz CT molecular complexity index is 801. The van der Waals surface area contributed by atoms with Gasteiger partial charge in [-0.05, 0) is 18.2 Å². The molecule has 1 amide bonds. The SMILES string of the molecule is CCC(=O)N1N=C(c2cccc(OC)c2)CC1c1ccccc1OC. The first-order valence-corrected chi connectivity index (χ1v) is 8.34. The molecule has 0 saturated carbocycles. The lowest BCUT2D eigenvalue weighted by Gasteiger charge is -2.23. The van der Waals surface area contributed by atoms with Gasteiger partial charge in [-0.1, -0.05) is 37.3 Å². The van der Waals surface area contributed by atoms with Gasteiger partial charge in [-0.3, -0.25) is 4.79 Å². The fourth-order valence-electron chi connectivity index (χ4n) is 3.06. The van der Waals surface area contributed by atoms with E-state index in [0.717, 1.165) is 28.3 Å². The Morgan fingerprint density at radius 1 is 1.16 bits per heavy atom. The Hall–Kier alpha value is -2.82. The molecular formula is C20H22N2O3. The summed E-state index contributed by atoms with van der Waals surface area (Å²) >= 11 is 0. The number of methoxy groups -OCH3 is 2. The Morgan fingerprint density at radius 3 is 2.68 bits per heavy atom. The van der Waals surface area contributed by atoms with E-state index in [1.54, 1.807) is 19.2 Å². The van der Waals surface area contributed by atoms with E-state index in [0.29, 0.717) is 12.8 Å². The van der Waals surface area contributed by atoms with Crippen molar-refractivity contribution in [2.75, 3.05) is 14.2 Å². The monoisotopic (exact) mass is 338 g/mol. The van der Waals surface area contributed by atoms with Crippen molar-refractivity contribution in [3.8, 4) is 11.5 Å². The van der Waals surface area contributed by atoms with Gasteiger partial charge < -0.3 is 9.47 Å². The van der Waals surface area contributed by atoms with Crippen molar-refractivity contribution in [3.05, 3.63) is 59.7 Å². The summed E-state index contributed by atoms with van der Waals surface area (Å²) < 4.78 is 10.8. The Morgan fingerprint density at radius 2 is 1.96 bits per heavy atom. The maximum Gasteiger partial charge on any atom is 0.242 e. The molecule has 0 radical (unpaired) electrons. The van der Waals surface area contributed by atoms with Crippen LogP contribution in [0, 0.1) is 0 Å². The molecule has 1 atom stereocenters. The molecule has 0 fully saturated rings. The van der Waals surface area contributed by atoms with E-state index in [9.17, 15) is 4.79 Å². The van der Waals surface area contributed by atoms with E-state index in [4.69, 9.17) is 9.47 Å². The van der Waals surface area contributed by atoms with Crippen LogP contribution in [0.15, 0.2) is 53.6 Å². The van der Waals surface area contributed by atoms with Crippen LogP contribution in [0.25, 0.3) is 0 Å². The lowest BCUT2D eigenvalue weighted by molar-refractivity contribution is -0.132. The number of amides is 1. The minimum absolute atomic E-state index is 0.00574. The highest BCUT2D eigenvalue weighted by molar-refractivity contribution is 6.03. The lowest BCUT2D eigenvalue weighted by Crippen LogP contribution is -2.26. The van der Waals surface area contributed by atoms with Gasteiger partial charge in [0.2, 0.25) is 5.91 Å².